The zero-order valence-electron chi connectivity index (χ0n) is 21.4. The number of halogens is 1. The van der Waals surface area contributed by atoms with Crippen LogP contribution in [-0.4, -0.2) is 81.2 Å². The highest BCUT2D eigenvalue weighted by atomic mass is 19.1. The smallest absolute Gasteiger partial charge is 0.295 e. The number of ether oxygens (including phenoxy) is 4. The minimum absolute atomic E-state index is 0.0104. The summed E-state index contributed by atoms with van der Waals surface area (Å²) in [6.45, 7) is 2.68. The van der Waals surface area contributed by atoms with Crippen LogP contribution in [0.1, 0.15) is 30.0 Å². The number of rotatable bonds is 9. The predicted octanol–water partition coefficient (Wildman–Crippen LogP) is 3.38. The standard InChI is InChI=1S/C27H31FN2O7/c1-34-19-8-7-16(13-18(19)28)24(31)22-23(17-14-20(35-2)26(37-4)21(15-17)36-3)30(27(33)25(22)32)12-11-29-9-5-6-10-29/h7-8,13-15,23,31H,5-6,9-12H2,1-4H3/b24-22+. The maximum absolute atomic E-state index is 14.5. The molecule has 0 saturated carbocycles. The van der Waals surface area contributed by atoms with Gasteiger partial charge in [0.2, 0.25) is 5.75 Å². The van der Waals surface area contributed by atoms with Crippen molar-refractivity contribution in [3.05, 3.63) is 52.8 Å². The number of nitrogens with zero attached hydrogens (tertiary/aromatic N) is 2. The molecule has 0 bridgehead atoms. The topological polar surface area (TPSA) is 97.8 Å². The largest absolute Gasteiger partial charge is 0.507 e. The summed E-state index contributed by atoms with van der Waals surface area (Å²) in [5, 5.41) is 11.3. The average Bonchev–Trinajstić information content (AvgIpc) is 3.52. The molecule has 2 fully saturated rings. The number of carbonyl (C=O) groups is 2. The van der Waals surface area contributed by atoms with Gasteiger partial charge < -0.3 is 33.9 Å². The highest BCUT2D eigenvalue weighted by Crippen LogP contribution is 2.45. The van der Waals surface area contributed by atoms with Crippen LogP contribution >= 0.6 is 0 Å². The van der Waals surface area contributed by atoms with Gasteiger partial charge in [-0.25, -0.2) is 4.39 Å². The average molecular weight is 515 g/mol. The van der Waals surface area contributed by atoms with E-state index >= 15 is 0 Å². The van der Waals surface area contributed by atoms with E-state index in [0.29, 0.717) is 29.4 Å². The van der Waals surface area contributed by atoms with E-state index in [2.05, 4.69) is 4.90 Å². The number of carbonyl (C=O) groups excluding carboxylic acids is 2. The third kappa shape index (κ3) is 4.93. The Labute approximate surface area is 215 Å². The molecule has 4 rings (SSSR count). The van der Waals surface area contributed by atoms with Crippen LogP contribution in [0.3, 0.4) is 0 Å². The lowest BCUT2D eigenvalue weighted by atomic mass is 9.94. The summed E-state index contributed by atoms with van der Waals surface area (Å²) in [6.07, 6.45) is 2.16. The molecule has 2 saturated heterocycles. The summed E-state index contributed by atoms with van der Waals surface area (Å²) >= 11 is 0. The molecule has 1 N–H and O–H groups in total. The number of benzene rings is 2. The van der Waals surface area contributed by atoms with Gasteiger partial charge in [0.25, 0.3) is 11.7 Å². The number of aliphatic hydroxyl groups is 1. The van der Waals surface area contributed by atoms with Gasteiger partial charge in [0.05, 0.1) is 40.1 Å². The number of amides is 1. The summed E-state index contributed by atoms with van der Waals surface area (Å²) in [5.74, 6) is -1.79. The molecule has 2 aromatic carbocycles. The molecule has 37 heavy (non-hydrogen) atoms. The van der Waals surface area contributed by atoms with Gasteiger partial charge in [-0.15, -0.1) is 0 Å². The van der Waals surface area contributed by atoms with E-state index in [0.717, 1.165) is 32.0 Å². The number of hydrogen-bond acceptors (Lipinski definition) is 8. The van der Waals surface area contributed by atoms with Crippen LogP contribution in [0.4, 0.5) is 4.39 Å². The highest BCUT2D eigenvalue weighted by Gasteiger charge is 2.46. The summed E-state index contributed by atoms with van der Waals surface area (Å²) in [7, 11) is 5.73. The molecule has 1 amide bonds. The molecule has 2 aromatic rings. The first-order valence-electron chi connectivity index (χ1n) is 12.0. The van der Waals surface area contributed by atoms with Crippen molar-refractivity contribution in [1.82, 2.24) is 9.80 Å². The Hall–Kier alpha value is -3.79. The van der Waals surface area contributed by atoms with Crippen LogP contribution in [0.5, 0.6) is 23.0 Å². The number of methoxy groups -OCH3 is 4. The second kappa shape index (κ2) is 11.1. The Morgan fingerprint density at radius 1 is 0.919 bits per heavy atom. The Morgan fingerprint density at radius 3 is 2.08 bits per heavy atom. The molecule has 1 unspecified atom stereocenters. The molecular weight excluding hydrogens is 483 g/mol. The predicted molar refractivity (Wildman–Crippen MR) is 134 cm³/mol. The van der Waals surface area contributed by atoms with Gasteiger partial charge in [0.15, 0.2) is 23.1 Å². The first-order valence-corrected chi connectivity index (χ1v) is 12.0. The second-order valence-corrected chi connectivity index (χ2v) is 8.85. The van der Waals surface area contributed by atoms with Crippen molar-refractivity contribution >= 4 is 17.4 Å². The van der Waals surface area contributed by atoms with Crippen molar-refractivity contribution in [2.75, 3.05) is 54.6 Å². The molecule has 2 heterocycles. The van der Waals surface area contributed by atoms with Crippen LogP contribution in [0, 0.1) is 5.82 Å². The lowest BCUT2D eigenvalue weighted by Gasteiger charge is -2.28. The fourth-order valence-electron chi connectivity index (χ4n) is 4.94. The first-order chi connectivity index (χ1) is 17.8. The number of aliphatic hydroxyl groups excluding tert-OH is 1. The summed E-state index contributed by atoms with van der Waals surface area (Å²) in [5.41, 5.74) is 0.379. The van der Waals surface area contributed by atoms with Gasteiger partial charge in [-0.05, 0) is 61.8 Å². The zero-order chi connectivity index (χ0) is 26.7. The van der Waals surface area contributed by atoms with Crippen molar-refractivity contribution in [2.24, 2.45) is 0 Å². The molecule has 198 valence electrons. The highest BCUT2D eigenvalue weighted by molar-refractivity contribution is 6.46. The van der Waals surface area contributed by atoms with Crippen LogP contribution in [-0.2, 0) is 9.59 Å². The van der Waals surface area contributed by atoms with Crippen LogP contribution in [0.15, 0.2) is 35.9 Å². The molecule has 9 nitrogen and oxygen atoms in total. The minimum Gasteiger partial charge on any atom is -0.507 e. The van der Waals surface area contributed by atoms with Crippen LogP contribution in [0.2, 0.25) is 0 Å². The molecule has 0 aromatic heterocycles. The van der Waals surface area contributed by atoms with Crippen LogP contribution in [0.25, 0.3) is 5.76 Å². The summed E-state index contributed by atoms with van der Waals surface area (Å²) < 4.78 is 35.8. The zero-order valence-corrected chi connectivity index (χ0v) is 21.4. The number of hydrogen-bond donors (Lipinski definition) is 1. The molecule has 2 aliphatic rings. The maximum Gasteiger partial charge on any atom is 0.295 e. The van der Waals surface area contributed by atoms with E-state index < -0.39 is 29.3 Å². The Morgan fingerprint density at radius 2 is 1.54 bits per heavy atom. The van der Waals surface area contributed by atoms with Gasteiger partial charge in [0, 0.05) is 18.7 Å². The lowest BCUT2D eigenvalue weighted by molar-refractivity contribution is -0.140. The molecule has 0 radical (unpaired) electrons. The van der Waals surface area contributed by atoms with E-state index in [1.54, 1.807) is 12.1 Å². The van der Waals surface area contributed by atoms with Crippen molar-refractivity contribution < 1.29 is 38.0 Å². The van der Waals surface area contributed by atoms with Crippen LogP contribution < -0.4 is 18.9 Å². The van der Waals surface area contributed by atoms with E-state index in [4.69, 9.17) is 18.9 Å². The molecule has 2 aliphatic heterocycles. The third-order valence-electron chi connectivity index (χ3n) is 6.82. The molecule has 10 heteroatoms. The lowest BCUT2D eigenvalue weighted by Crippen LogP contribution is -2.37. The summed E-state index contributed by atoms with van der Waals surface area (Å²) in [4.78, 5) is 30.3. The fraction of sp³-hybridized carbons (Fsp3) is 0.407. The molecule has 0 aliphatic carbocycles. The minimum atomic E-state index is -0.957. The van der Waals surface area contributed by atoms with Crippen molar-refractivity contribution in [1.29, 1.82) is 0 Å². The Balaban J connectivity index is 1.87. The van der Waals surface area contributed by atoms with Gasteiger partial charge in [-0.2, -0.15) is 0 Å². The van der Waals surface area contributed by atoms with Gasteiger partial charge in [-0.3, -0.25) is 9.59 Å². The monoisotopic (exact) mass is 514 g/mol. The Kier molecular flexibility index (Phi) is 7.87. The van der Waals surface area contributed by atoms with E-state index in [9.17, 15) is 19.1 Å². The number of Topliss-reactive ketones (excluding diaryl/α,β-unsaturated/α-hetero) is 1. The van der Waals surface area contributed by atoms with Gasteiger partial charge in [-0.1, -0.05) is 0 Å². The summed E-state index contributed by atoms with van der Waals surface area (Å²) in [6, 6.07) is 6.17. The SMILES string of the molecule is COc1ccc(/C(O)=C2\C(=O)C(=O)N(CCN3CCCC3)C2c2cc(OC)c(OC)c(OC)c2)cc1F. The second-order valence-electron chi connectivity index (χ2n) is 8.85. The first kappa shape index (κ1) is 26.3. The number of ketones is 1. The van der Waals surface area contributed by atoms with Gasteiger partial charge >= 0.3 is 0 Å². The van der Waals surface area contributed by atoms with E-state index in [1.807, 2.05) is 0 Å². The third-order valence-corrected chi connectivity index (χ3v) is 6.82. The van der Waals surface area contributed by atoms with Gasteiger partial charge in [0.1, 0.15) is 5.76 Å². The maximum atomic E-state index is 14.5. The normalized spacial score (nSPS) is 19.4. The van der Waals surface area contributed by atoms with Crippen molar-refractivity contribution in [3.63, 3.8) is 0 Å². The quantitative estimate of drug-likeness (QED) is 0.309. The van der Waals surface area contributed by atoms with E-state index in [-0.39, 0.29) is 23.4 Å². The fourth-order valence-corrected chi connectivity index (χ4v) is 4.94. The van der Waals surface area contributed by atoms with Crippen molar-refractivity contribution in [2.45, 2.75) is 18.9 Å². The molecular formula is C27H31FN2O7. The Bertz CT molecular complexity index is 1200. The van der Waals surface area contributed by atoms with Crippen molar-refractivity contribution in [3.8, 4) is 23.0 Å². The molecule has 1 atom stereocenters. The van der Waals surface area contributed by atoms with E-state index in [1.165, 1.54) is 45.5 Å². The number of likely N-dealkylation sites (tertiary alicyclic amines) is 2. The molecule has 0 spiro atoms.